The number of nitrogens with zero attached hydrogens (tertiary/aromatic N) is 5. The summed E-state index contributed by atoms with van der Waals surface area (Å²) in [6, 6.07) is 0. The number of piperidine rings is 1. The van der Waals surface area contributed by atoms with Crippen LogP contribution in [-0.4, -0.2) is 58.4 Å². The first kappa shape index (κ1) is 21.1. The molecule has 8 nitrogen and oxygen atoms in total. The van der Waals surface area contributed by atoms with Crippen molar-refractivity contribution in [1.29, 1.82) is 0 Å². The Hall–Kier alpha value is -2.16. The number of hydrogen-bond donors (Lipinski definition) is 2. The first-order valence-corrected chi connectivity index (χ1v) is 10.3. The van der Waals surface area contributed by atoms with E-state index >= 15 is 0 Å². The Morgan fingerprint density at radius 1 is 1.17 bits per heavy atom. The van der Waals surface area contributed by atoms with E-state index < -0.39 is 0 Å². The monoisotopic (exact) mass is 449 g/mol. The lowest BCUT2D eigenvalue weighted by atomic mass is 9.78. The number of halogens is 2. The third kappa shape index (κ3) is 3.46. The molecule has 0 atom stereocenters. The number of rotatable bonds is 3. The average molecular weight is 450 g/mol. The van der Waals surface area contributed by atoms with Gasteiger partial charge in [-0.05, 0) is 38.1 Å². The summed E-state index contributed by atoms with van der Waals surface area (Å²) >= 11 is 6.46. The third-order valence-corrected chi connectivity index (χ3v) is 6.65. The molecule has 0 aliphatic carbocycles. The smallest absolute Gasteiger partial charge is 0.165 e. The summed E-state index contributed by atoms with van der Waals surface area (Å²) < 4.78 is 5.61. The summed E-state index contributed by atoms with van der Waals surface area (Å²) in [4.78, 5) is 16.3. The Bertz CT molecular complexity index is 1050. The fraction of sp³-hybridized carbons (Fsp3) is 0.500. The van der Waals surface area contributed by atoms with Crippen molar-refractivity contribution >= 4 is 40.7 Å². The molecule has 2 aliphatic rings. The second-order valence-electron chi connectivity index (χ2n) is 8.03. The molecule has 3 aromatic heterocycles. The highest BCUT2D eigenvalue weighted by Gasteiger charge is 2.38. The molecule has 0 unspecified atom stereocenters. The van der Waals surface area contributed by atoms with E-state index in [1.54, 1.807) is 19.5 Å². The minimum absolute atomic E-state index is 0. The molecule has 30 heavy (non-hydrogen) atoms. The van der Waals surface area contributed by atoms with Gasteiger partial charge in [0.05, 0.1) is 30.5 Å². The molecular formula is C20H25Cl2N7O. The van der Waals surface area contributed by atoms with Crippen LogP contribution in [0.25, 0.3) is 22.3 Å². The second kappa shape index (κ2) is 8.17. The van der Waals surface area contributed by atoms with E-state index in [0.717, 1.165) is 61.5 Å². The maximum atomic E-state index is 6.46. The van der Waals surface area contributed by atoms with Crippen molar-refractivity contribution < 1.29 is 4.74 Å². The Morgan fingerprint density at radius 2 is 1.97 bits per heavy atom. The normalized spacial score (nSPS) is 18.0. The van der Waals surface area contributed by atoms with E-state index in [-0.39, 0.29) is 12.4 Å². The first-order chi connectivity index (χ1) is 14.1. The number of nitrogens with one attached hydrogen (secondary N) is 2. The van der Waals surface area contributed by atoms with Crippen LogP contribution >= 0.6 is 24.0 Å². The standard InChI is InChI=1S/C20H24ClN7O.ClH/c1-12-13(9-24-27-12)18-25-16-15(14(29-2)10-23-17(16)21)19(26-18)28-7-4-20(5-8-28)3-6-22-11-20;/h9-10,22H,3-8,11H2,1-2H3,(H,24,27);1H. The van der Waals surface area contributed by atoms with Crippen molar-refractivity contribution in [2.75, 3.05) is 38.2 Å². The first-order valence-electron chi connectivity index (χ1n) is 9.96. The topological polar surface area (TPSA) is 91.9 Å². The van der Waals surface area contributed by atoms with Gasteiger partial charge in [-0.1, -0.05) is 11.6 Å². The van der Waals surface area contributed by atoms with Gasteiger partial charge < -0.3 is 15.0 Å². The summed E-state index contributed by atoms with van der Waals surface area (Å²) in [5, 5.41) is 11.8. The number of aryl methyl sites for hydroxylation is 1. The number of pyridine rings is 1. The lowest BCUT2D eigenvalue weighted by Crippen LogP contribution is -2.41. The van der Waals surface area contributed by atoms with E-state index in [1.165, 1.54) is 6.42 Å². The van der Waals surface area contributed by atoms with Crippen LogP contribution in [0, 0.1) is 12.3 Å². The Labute approximate surface area is 186 Å². The Kier molecular flexibility index (Phi) is 5.74. The Balaban J connectivity index is 0.00000218. The molecule has 160 valence electrons. The quantitative estimate of drug-likeness (QED) is 0.591. The second-order valence-corrected chi connectivity index (χ2v) is 8.39. The largest absolute Gasteiger partial charge is 0.494 e. The molecule has 2 saturated heterocycles. The zero-order valence-electron chi connectivity index (χ0n) is 17.0. The molecule has 10 heteroatoms. The van der Waals surface area contributed by atoms with Crippen LogP contribution in [0.15, 0.2) is 12.4 Å². The van der Waals surface area contributed by atoms with Gasteiger partial charge in [0.2, 0.25) is 0 Å². The van der Waals surface area contributed by atoms with Crippen molar-refractivity contribution in [2.45, 2.75) is 26.2 Å². The maximum absolute atomic E-state index is 6.46. The Morgan fingerprint density at radius 3 is 2.60 bits per heavy atom. The summed E-state index contributed by atoms with van der Waals surface area (Å²) in [5.41, 5.74) is 2.80. The summed E-state index contributed by atoms with van der Waals surface area (Å²) in [6.07, 6.45) is 6.94. The molecular weight excluding hydrogens is 425 g/mol. The molecule has 2 fully saturated rings. The van der Waals surface area contributed by atoms with Gasteiger partial charge in [0, 0.05) is 25.3 Å². The van der Waals surface area contributed by atoms with Gasteiger partial charge >= 0.3 is 0 Å². The number of H-pyrrole nitrogens is 1. The lowest BCUT2D eigenvalue weighted by Gasteiger charge is -2.39. The van der Waals surface area contributed by atoms with Gasteiger partial charge in [-0.15, -0.1) is 12.4 Å². The highest BCUT2D eigenvalue weighted by molar-refractivity contribution is 6.34. The van der Waals surface area contributed by atoms with Crippen molar-refractivity contribution in [3.8, 4) is 17.1 Å². The van der Waals surface area contributed by atoms with E-state index in [0.29, 0.717) is 27.7 Å². The zero-order valence-corrected chi connectivity index (χ0v) is 18.6. The highest BCUT2D eigenvalue weighted by atomic mass is 35.5. The van der Waals surface area contributed by atoms with Crippen molar-refractivity contribution in [1.82, 2.24) is 30.5 Å². The van der Waals surface area contributed by atoms with Crippen LogP contribution in [0.4, 0.5) is 5.82 Å². The van der Waals surface area contributed by atoms with Crippen LogP contribution in [0.3, 0.4) is 0 Å². The molecule has 2 aliphatic heterocycles. The fourth-order valence-corrected chi connectivity index (χ4v) is 4.75. The van der Waals surface area contributed by atoms with Gasteiger partial charge in [-0.2, -0.15) is 5.10 Å². The van der Waals surface area contributed by atoms with E-state index in [9.17, 15) is 0 Å². The van der Waals surface area contributed by atoms with Crippen molar-refractivity contribution in [3.05, 3.63) is 23.2 Å². The maximum Gasteiger partial charge on any atom is 0.165 e. The third-order valence-electron chi connectivity index (χ3n) is 6.37. The van der Waals surface area contributed by atoms with Crippen LogP contribution in [-0.2, 0) is 0 Å². The number of fused-ring (bicyclic) bond motifs is 1. The molecule has 0 aromatic carbocycles. The molecule has 2 N–H and O–H groups in total. The van der Waals surface area contributed by atoms with Gasteiger partial charge in [-0.25, -0.2) is 15.0 Å². The predicted molar refractivity (Wildman–Crippen MR) is 120 cm³/mol. The lowest BCUT2D eigenvalue weighted by molar-refractivity contribution is 0.247. The molecule has 5 heterocycles. The van der Waals surface area contributed by atoms with Gasteiger partial charge in [0.15, 0.2) is 11.0 Å². The number of anilines is 1. The highest BCUT2D eigenvalue weighted by Crippen LogP contribution is 2.42. The molecule has 0 radical (unpaired) electrons. The summed E-state index contributed by atoms with van der Waals surface area (Å²) in [7, 11) is 1.64. The predicted octanol–water partition coefficient (Wildman–Crippen LogP) is 3.39. The SMILES string of the molecule is COc1cnc(Cl)c2nc(-c3cn[nH]c3C)nc(N3CCC4(CCNC4)CC3)c12.Cl. The van der Waals surface area contributed by atoms with Crippen LogP contribution in [0.2, 0.25) is 5.15 Å². The van der Waals surface area contributed by atoms with Gasteiger partial charge in [0.1, 0.15) is 17.1 Å². The number of ether oxygens (including phenoxy) is 1. The minimum Gasteiger partial charge on any atom is -0.494 e. The fourth-order valence-electron chi connectivity index (χ4n) is 4.56. The van der Waals surface area contributed by atoms with E-state index in [4.69, 9.17) is 26.3 Å². The number of aromatic nitrogens is 5. The van der Waals surface area contributed by atoms with E-state index in [1.807, 2.05) is 6.92 Å². The van der Waals surface area contributed by atoms with Gasteiger partial charge in [0.25, 0.3) is 0 Å². The van der Waals surface area contributed by atoms with Crippen molar-refractivity contribution in [2.24, 2.45) is 5.41 Å². The van der Waals surface area contributed by atoms with Crippen molar-refractivity contribution in [3.63, 3.8) is 0 Å². The molecule has 0 amide bonds. The number of aromatic amines is 1. The molecule has 1 spiro atoms. The molecule has 0 saturated carbocycles. The molecule has 5 rings (SSSR count). The van der Waals surface area contributed by atoms with Crippen LogP contribution in [0.5, 0.6) is 5.75 Å². The molecule has 3 aromatic rings. The summed E-state index contributed by atoms with van der Waals surface area (Å²) in [6.45, 7) is 6.08. The zero-order chi connectivity index (χ0) is 20.0. The number of methoxy groups -OCH3 is 1. The van der Waals surface area contributed by atoms with Gasteiger partial charge in [-0.3, -0.25) is 5.10 Å². The molecule has 0 bridgehead atoms. The van der Waals surface area contributed by atoms with Crippen LogP contribution < -0.4 is 15.0 Å². The minimum atomic E-state index is 0. The van der Waals surface area contributed by atoms with Crippen LogP contribution in [0.1, 0.15) is 25.0 Å². The van der Waals surface area contributed by atoms with E-state index in [2.05, 4.69) is 25.4 Å². The summed E-state index contributed by atoms with van der Waals surface area (Å²) in [5.74, 6) is 2.09. The number of hydrogen-bond acceptors (Lipinski definition) is 7. The average Bonchev–Trinajstić information content (AvgIpc) is 3.38.